The molecule has 0 bridgehead atoms. The van der Waals surface area contributed by atoms with E-state index < -0.39 is 0 Å². The van der Waals surface area contributed by atoms with Gasteiger partial charge in [-0.3, -0.25) is 4.79 Å². The molecule has 0 aliphatic rings. The molecule has 0 unspecified atom stereocenters. The van der Waals surface area contributed by atoms with Crippen molar-refractivity contribution in [1.29, 1.82) is 0 Å². The zero-order valence-corrected chi connectivity index (χ0v) is 11.6. The lowest BCUT2D eigenvalue weighted by atomic mass is 10.1. The van der Waals surface area contributed by atoms with Crippen LogP contribution in [-0.2, 0) is 7.05 Å². The van der Waals surface area contributed by atoms with E-state index in [2.05, 4.69) is 0 Å². The van der Waals surface area contributed by atoms with Crippen molar-refractivity contribution in [3.8, 4) is 11.5 Å². The second-order valence-corrected chi connectivity index (χ2v) is 4.63. The van der Waals surface area contributed by atoms with Crippen LogP contribution in [0.5, 0.6) is 11.5 Å². The summed E-state index contributed by atoms with van der Waals surface area (Å²) in [6.07, 6.45) is 0. The van der Waals surface area contributed by atoms with Gasteiger partial charge in [-0.2, -0.15) is 0 Å². The molecule has 3 aromatic rings. The van der Waals surface area contributed by atoms with Crippen LogP contribution in [0.15, 0.2) is 41.2 Å². The summed E-state index contributed by atoms with van der Waals surface area (Å²) in [7, 11) is 5.10. The normalized spacial score (nSPS) is 10.9. The summed E-state index contributed by atoms with van der Waals surface area (Å²) in [5.41, 5.74) is 1.69. The fraction of sp³-hybridized carbons (Fsp3) is 0.188. The lowest BCUT2D eigenvalue weighted by Gasteiger charge is -2.13. The van der Waals surface area contributed by atoms with Crippen molar-refractivity contribution in [3.05, 3.63) is 46.6 Å². The van der Waals surface area contributed by atoms with Crippen molar-refractivity contribution in [2.24, 2.45) is 7.05 Å². The van der Waals surface area contributed by atoms with E-state index in [-0.39, 0.29) is 5.43 Å². The Balaban J connectivity index is 2.58. The first-order valence-electron chi connectivity index (χ1n) is 6.31. The maximum absolute atomic E-state index is 12.7. The van der Waals surface area contributed by atoms with Crippen LogP contribution in [0.2, 0.25) is 0 Å². The van der Waals surface area contributed by atoms with E-state index in [9.17, 15) is 4.79 Å². The van der Waals surface area contributed by atoms with Gasteiger partial charge in [0.15, 0.2) is 0 Å². The molecule has 2 aromatic carbocycles. The average Bonchev–Trinajstić information content (AvgIpc) is 2.51. The van der Waals surface area contributed by atoms with Gasteiger partial charge in [-0.15, -0.1) is 0 Å². The average molecular weight is 269 g/mol. The van der Waals surface area contributed by atoms with E-state index in [1.807, 2.05) is 35.9 Å². The maximum Gasteiger partial charge on any atom is 0.201 e. The summed E-state index contributed by atoms with van der Waals surface area (Å²) in [4.78, 5) is 12.7. The topological polar surface area (TPSA) is 40.5 Å². The smallest absolute Gasteiger partial charge is 0.201 e. The van der Waals surface area contributed by atoms with Crippen molar-refractivity contribution < 1.29 is 9.47 Å². The number of pyridine rings is 1. The molecule has 0 radical (unpaired) electrons. The van der Waals surface area contributed by atoms with Crippen LogP contribution in [0.4, 0.5) is 0 Å². The molecule has 0 saturated carbocycles. The number of rotatable bonds is 2. The van der Waals surface area contributed by atoms with Gasteiger partial charge in [0.05, 0.1) is 36.0 Å². The van der Waals surface area contributed by atoms with Crippen molar-refractivity contribution in [2.75, 3.05) is 14.2 Å². The predicted molar refractivity (Wildman–Crippen MR) is 79.8 cm³/mol. The summed E-state index contributed by atoms with van der Waals surface area (Å²) in [5.74, 6) is 1.26. The monoisotopic (exact) mass is 269 g/mol. The van der Waals surface area contributed by atoms with Gasteiger partial charge in [0, 0.05) is 7.05 Å². The van der Waals surface area contributed by atoms with Gasteiger partial charge >= 0.3 is 0 Å². The van der Waals surface area contributed by atoms with Crippen LogP contribution in [0.3, 0.4) is 0 Å². The van der Waals surface area contributed by atoms with Gasteiger partial charge in [-0.05, 0) is 30.3 Å². The van der Waals surface area contributed by atoms with Crippen LogP contribution < -0.4 is 14.9 Å². The molecule has 0 fully saturated rings. The van der Waals surface area contributed by atoms with Gasteiger partial charge in [-0.25, -0.2) is 0 Å². The first-order valence-corrected chi connectivity index (χ1v) is 6.31. The molecule has 4 nitrogen and oxygen atoms in total. The molecule has 0 aliphatic carbocycles. The molecule has 0 aliphatic heterocycles. The van der Waals surface area contributed by atoms with E-state index >= 15 is 0 Å². The minimum absolute atomic E-state index is 0.0375. The van der Waals surface area contributed by atoms with Gasteiger partial charge < -0.3 is 14.0 Å². The summed E-state index contributed by atoms with van der Waals surface area (Å²) in [6, 6.07) is 11.1. The first kappa shape index (κ1) is 12.5. The van der Waals surface area contributed by atoms with E-state index in [0.717, 1.165) is 11.0 Å². The molecule has 0 saturated heterocycles. The fourth-order valence-electron chi connectivity index (χ4n) is 2.58. The molecule has 102 valence electrons. The van der Waals surface area contributed by atoms with Gasteiger partial charge in [0.25, 0.3) is 0 Å². The Morgan fingerprint density at radius 2 is 1.80 bits per heavy atom. The van der Waals surface area contributed by atoms with Crippen molar-refractivity contribution in [3.63, 3.8) is 0 Å². The number of aryl methyl sites for hydroxylation is 1. The third kappa shape index (κ3) is 1.65. The van der Waals surface area contributed by atoms with E-state index in [1.54, 1.807) is 26.4 Å². The lowest BCUT2D eigenvalue weighted by molar-refractivity contribution is 0.415. The minimum Gasteiger partial charge on any atom is -0.497 e. The highest BCUT2D eigenvalue weighted by Crippen LogP contribution is 2.27. The number of benzene rings is 2. The third-order valence-corrected chi connectivity index (χ3v) is 3.62. The zero-order chi connectivity index (χ0) is 14.3. The first-order chi connectivity index (χ1) is 9.67. The van der Waals surface area contributed by atoms with Crippen molar-refractivity contribution in [1.82, 2.24) is 4.57 Å². The molecular formula is C16H15NO3. The molecule has 1 aromatic heterocycles. The fourth-order valence-corrected chi connectivity index (χ4v) is 2.58. The van der Waals surface area contributed by atoms with Crippen molar-refractivity contribution in [2.45, 2.75) is 0 Å². The van der Waals surface area contributed by atoms with E-state index in [0.29, 0.717) is 22.3 Å². The SMILES string of the molecule is COc1ccc2c(c1)c(=O)c1c(OC)cccc1n2C. The number of aromatic nitrogens is 1. The van der Waals surface area contributed by atoms with Crippen LogP contribution in [0.1, 0.15) is 0 Å². The maximum atomic E-state index is 12.7. The Morgan fingerprint density at radius 1 is 1.00 bits per heavy atom. The number of nitrogens with zero attached hydrogens (tertiary/aromatic N) is 1. The summed E-state index contributed by atoms with van der Waals surface area (Å²) in [6.45, 7) is 0. The number of hydrogen-bond donors (Lipinski definition) is 0. The molecule has 0 N–H and O–H groups in total. The molecular weight excluding hydrogens is 254 g/mol. The van der Waals surface area contributed by atoms with Crippen LogP contribution in [-0.4, -0.2) is 18.8 Å². The highest BCUT2D eigenvalue weighted by Gasteiger charge is 2.13. The largest absolute Gasteiger partial charge is 0.497 e. The Labute approximate surface area is 116 Å². The standard InChI is InChI=1S/C16H15NO3/c1-17-12-8-7-10(19-2)9-11(12)16(18)15-13(17)5-4-6-14(15)20-3/h4-9H,1-3H3. The molecule has 1 heterocycles. The van der Waals surface area contributed by atoms with E-state index in [1.165, 1.54) is 0 Å². The van der Waals surface area contributed by atoms with Gasteiger partial charge in [-0.1, -0.05) is 6.07 Å². The lowest BCUT2D eigenvalue weighted by Crippen LogP contribution is -2.10. The third-order valence-electron chi connectivity index (χ3n) is 3.62. The minimum atomic E-state index is -0.0375. The Kier molecular flexibility index (Phi) is 2.86. The molecule has 0 atom stereocenters. The Morgan fingerprint density at radius 3 is 2.50 bits per heavy atom. The number of hydrogen-bond acceptors (Lipinski definition) is 3. The molecule has 0 amide bonds. The summed E-state index contributed by atoms with van der Waals surface area (Å²) >= 11 is 0. The second-order valence-electron chi connectivity index (χ2n) is 4.63. The molecule has 3 rings (SSSR count). The molecule has 0 spiro atoms. The number of ether oxygens (including phenoxy) is 2. The quantitative estimate of drug-likeness (QED) is 0.672. The zero-order valence-electron chi connectivity index (χ0n) is 11.6. The molecule has 20 heavy (non-hydrogen) atoms. The highest BCUT2D eigenvalue weighted by molar-refractivity contribution is 5.96. The molecule has 4 heteroatoms. The summed E-state index contributed by atoms with van der Waals surface area (Å²) in [5, 5.41) is 1.22. The number of methoxy groups -OCH3 is 2. The van der Waals surface area contributed by atoms with E-state index in [4.69, 9.17) is 9.47 Å². The van der Waals surface area contributed by atoms with Crippen molar-refractivity contribution >= 4 is 21.8 Å². The summed E-state index contributed by atoms with van der Waals surface area (Å²) < 4.78 is 12.5. The second kappa shape index (κ2) is 4.56. The van der Waals surface area contributed by atoms with Crippen LogP contribution >= 0.6 is 0 Å². The van der Waals surface area contributed by atoms with Gasteiger partial charge in [0.2, 0.25) is 5.43 Å². The Bertz CT molecular complexity index is 865. The number of fused-ring (bicyclic) bond motifs is 2. The van der Waals surface area contributed by atoms with Crippen LogP contribution in [0, 0.1) is 0 Å². The van der Waals surface area contributed by atoms with Crippen LogP contribution in [0.25, 0.3) is 21.8 Å². The highest BCUT2D eigenvalue weighted by atomic mass is 16.5. The predicted octanol–water partition coefficient (Wildman–Crippen LogP) is 2.71. The Hall–Kier alpha value is -2.49. The van der Waals surface area contributed by atoms with Gasteiger partial charge in [0.1, 0.15) is 11.5 Å².